The van der Waals surface area contributed by atoms with Crippen LogP contribution < -0.4 is 11.1 Å². The Hall–Kier alpha value is -0.870. The van der Waals surface area contributed by atoms with Gasteiger partial charge in [0.2, 0.25) is 5.28 Å². The van der Waals surface area contributed by atoms with Gasteiger partial charge in [-0.3, -0.25) is 0 Å². The predicted octanol–water partition coefficient (Wildman–Crippen LogP) is 1.81. The summed E-state index contributed by atoms with van der Waals surface area (Å²) < 4.78 is 0. The Morgan fingerprint density at radius 3 is 2.93 bits per heavy atom. The maximum absolute atomic E-state index is 6.03. The van der Waals surface area contributed by atoms with Crippen molar-refractivity contribution in [1.82, 2.24) is 9.97 Å². The van der Waals surface area contributed by atoms with E-state index in [9.17, 15) is 0 Å². The summed E-state index contributed by atoms with van der Waals surface area (Å²) in [5.74, 6) is 0.761. The molecule has 1 aromatic heterocycles. The third-order valence-corrected chi connectivity index (χ3v) is 2.96. The highest BCUT2D eigenvalue weighted by molar-refractivity contribution is 6.28. The van der Waals surface area contributed by atoms with Crippen molar-refractivity contribution in [3.8, 4) is 0 Å². The summed E-state index contributed by atoms with van der Waals surface area (Å²) >= 11 is 5.71. The predicted molar refractivity (Wildman–Crippen MR) is 60.9 cm³/mol. The summed E-state index contributed by atoms with van der Waals surface area (Å²) in [6, 6.07) is 2.34. The van der Waals surface area contributed by atoms with E-state index in [-0.39, 0.29) is 11.3 Å². The normalized spacial score (nSPS) is 26.3. The number of rotatable bonds is 2. The van der Waals surface area contributed by atoms with Gasteiger partial charge in [-0.2, -0.15) is 0 Å². The number of hydrogen-bond donors (Lipinski definition) is 2. The topological polar surface area (TPSA) is 63.8 Å². The third-order valence-electron chi connectivity index (χ3n) is 2.78. The molecule has 1 aromatic rings. The highest BCUT2D eigenvalue weighted by Crippen LogP contribution is 2.20. The Balaban J connectivity index is 2.01. The Morgan fingerprint density at radius 2 is 2.20 bits per heavy atom. The van der Waals surface area contributed by atoms with Crippen molar-refractivity contribution in [2.75, 3.05) is 5.32 Å². The van der Waals surface area contributed by atoms with Gasteiger partial charge in [-0.05, 0) is 30.5 Å². The molecule has 1 aliphatic carbocycles. The van der Waals surface area contributed by atoms with Crippen LogP contribution in [0.15, 0.2) is 12.3 Å². The van der Waals surface area contributed by atoms with Crippen LogP contribution in [0.2, 0.25) is 5.28 Å². The molecule has 0 spiro atoms. The second-order valence-electron chi connectivity index (χ2n) is 3.91. The maximum Gasteiger partial charge on any atom is 0.224 e. The van der Waals surface area contributed by atoms with Crippen molar-refractivity contribution in [2.24, 2.45) is 5.73 Å². The minimum absolute atomic E-state index is 0.215. The van der Waals surface area contributed by atoms with Gasteiger partial charge < -0.3 is 11.1 Å². The number of hydrogen-bond acceptors (Lipinski definition) is 4. The molecule has 2 rings (SSSR count). The van der Waals surface area contributed by atoms with Gasteiger partial charge in [-0.1, -0.05) is 12.8 Å². The zero-order valence-corrected chi connectivity index (χ0v) is 9.24. The molecule has 0 radical (unpaired) electrons. The van der Waals surface area contributed by atoms with E-state index in [0.717, 1.165) is 18.7 Å². The first-order chi connectivity index (χ1) is 7.25. The van der Waals surface area contributed by atoms with Gasteiger partial charge in [0.25, 0.3) is 0 Å². The van der Waals surface area contributed by atoms with E-state index >= 15 is 0 Å². The molecule has 0 aliphatic heterocycles. The number of anilines is 1. The largest absolute Gasteiger partial charge is 0.366 e. The Kier molecular flexibility index (Phi) is 3.38. The van der Waals surface area contributed by atoms with Crippen molar-refractivity contribution in [2.45, 2.75) is 37.8 Å². The van der Waals surface area contributed by atoms with Gasteiger partial charge in [0.1, 0.15) is 5.82 Å². The standard InChI is InChI=1S/C10H15ClN4/c11-10-13-6-5-9(15-10)14-8-4-2-1-3-7(8)12/h5-8H,1-4,12H2,(H,13,14,15)/t7-,8+/m1/s1. The van der Waals surface area contributed by atoms with Crippen molar-refractivity contribution in [3.63, 3.8) is 0 Å². The lowest BCUT2D eigenvalue weighted by molar-refractivity contribution is 0.403. The molecule has 1 heterocycles. The van der Waals surface area contributed by atoms with Gasteiger partial charge in [0.05, 0.1) is 0 Å². The summed E-state index contributed by atoms with van der Waals surface area (Å²) in [5, 5.41) is 3.58. The molecule has 0 unspecified atom stereocenters. The second kappa shape index (κ2) is 4.77. The summed E-state index contributed by atoms with van der Waals surface area (Å²) in [6.07, 6.45) is 6.28. The van der Waals surface area contributed by atoms with E-state index in [1.54, 1.807) is 6.20 Å². The van der Waals surface area contributed by atoms with E-state index in [0.29, 0.717) is 6.04 Å². The number of nitrogens with two attached hydrogens (primary N) is 1. The van der Waals surface area contributed by atoms with Gasteiger partial charge >= 0.3 is 0 Å². The molecule has 0 aromatic carbocycles. The fourth-order valence-corrected chi connectivity index (χ4v) is 2.09. The van der Waals surface area contributed by atoms with Crippen LogP contribution in [0.5, 0.6) is 0 Å². The first-order valence-corrected chi connectivity index (χ1v) is 5.64. The van der Waals surface area contributed by atoms with Crippen molar-refractivity contribution >= 4 is 17.4 Å². The quantitative estimate of drug-likeness (QED) is 0.755. The number of nitrogens with one attached hydrogen (secondary N) is 1. The first-order valence-electron chi connectivity index (χ1n) is 5.26. The molecule has 15 heavy (non-hydrogen) atoms. The maximum atomic E-state index is 6.03. The van der Waals surface area contributed by atoms with Crippen LogP contribution in [0.25, 0.3) is 0 Å². The van der Waals surface area contributed by atoms with Gasteiger partial charge in [-0.25, -0.2) is 9.97 Å². The molecule has 0 bridgehead atoms. The minimum atomic E-state index is 0.215. The van der Waals surface area contributed by atoms with E-state index in [2.05, 4.69) is 15.3 Å². The van der Waals surface area contributed by atoms with Crippen molar-refractivity contribution in [3.05, 3.63) is 17.5 Å². The lowest BCUT2D eigenvalue weighted by atomic mass is 9.91. The van der Waals surface area contributed by atoms with Gasteiger partial charge in [0, 0.05) is 18.3 Å². The van der Waals surface area contributed by atoms with Crippen molar-refractivity contribution < 1.29 is 0 Å². The smallest absolute Gasteiger partial charge is 0.224 e. The average molecular weight is 227 g/mol. The van der Waals surface area contributed by atoms with Crippen LogP contribution in [-0.4, -0.2) is 22.1 Å². The van der Waals surface area contributed by atoms with Crippen LogP contribution in [0.1, 0.15) is 25.7 Å². The first kappa shape index (κ1) is 10.6. The molecule has 1 saturated carbocycles. The monoisotopic (exact) mass is 226 g/mol. The molecule has 2 atom stereocenters. The molecule has 4 nitrogen and oxygen atoms in total. The molecule has 0 amide bonds. The van der Waals surface area contributed by atoms with Crippen LogP contribution in [0.4, 0.5) is 5.82 Å². The molecular formula is C10H15ClN4. The van der Waals surface area contributed by atoms with Crippen LogP contribution >= 0.6 is 11.6 Å². The average Bonchev–Trinajstić information content (AvgIpc) is 2.22. The Labute approximate surface area is 94.2 Å². The molecular weight excluding hydrogens is 212 g/mol. The summed E-state index contributed by atoms with van der Waals surface area (Å²) in [6.45, 7) is 0. The van der Waals surface area contributed by atoms with Crippen LogP contribution in [0, 0.1) is 0 Å². The molecule has 1 aliphatic rings. The van der Waals surface area contributed by atoms with Gasteiger partial charge in [-0.15, -0.1) is 0 Å². The molecule has 3 N–H and O–H groups in total. The summed E-state index contributed by atoms with van der Waals surface area (Å²) in [7, 11) is 0. The molecule has 0 saturated heterocycles. The highest BCUT2D eigenvalue weighted by atomic mass is 35.5. The molecule has 1 fully saturated rings. The number of nitrogens with zero attached hydrogens (tertiary/aromatic N) is 2. The molecule has 82 valence electrons. The van der Waals surface area contributed by atoms with Gasteiger partial charge in [0.15, 0.2) is 0 Å². The third kappa shape index (κ3) is 2.79. The minimum Gasteiger partial charge on any atom is -0.366 e. The molecule has 5 heteroatoms. The zero-order chi connectivity index (χ0) is 10.7. The van der Waals surface area contributed by atoms with E-state index in [1.807, 2.05) is 6.07 Å². The zero-order valence-electron chi connectivity index (χ0n) is 8.49. The second-order valence-corrected chi connectivity index (χ2v) is 4.25. The summed E-state index contributed by atoms with van der Waals surface area (Å²) in [4.78, 5) is 7.92. The Morgan fingerprint density at radius 1 is 1.40 bits per heavy atom. The fraction of sp³-hybridized carbons (Fsp3) is 0.600. The number of aromatic nitrogens is 2. The highest BCUT2D eigenvalue weighted by Gasteiger charge is 2.21. The SMILES string of the molecule is N[C@@H]1CCCC[C@@H]1Nc1ccnc(Cl)n1. The summed E-state index contributed by atoms with van der Waals surface area (Å²) in [5.41, 5.74) is 6.03. The van der Waals surface area contributed by atoms with E-state index in [4.69, 9.17) is 17.3 Å². The van der Waals surface area contributed by atoms with E-state index < -0.39 is 0 Å². The lowest BCUT2D eigenvalue weighted by Crippen LogP contribution is -2.42. The Bertz CT molecular complexity index is 331. The van der Waals surface area contributed by atoms with Crippen molar-refractivity contribution in [1.29, 1.82) is 0 Å². The van der Waals surface area contributed by atoms with E-state index in [1.165, 1.54) is 12.8 Å². The fourth-order valence-electron chi connectivity index (χ4n) is 1.94. The van der Waals surface area contributed by atoms with Crippen LogP contribution in [0.3, 0.4) is 0 Å². The van der Waals surface area contributed by atoms with Crippen LogP contribution in [-0.2, 0) is 0 Å². The number of halogens is 1. The lowest BCUT2D eigenvalue weighted by Gasteiger charge is -2.29.